The fourth-order valence-corrected chi connectivity index (χ4v) is 1.82. The summed E-state index contributed by atoms with van der Waals surface area (Å²) in [5.41, 5.74) is 1.19. The van der Waals surface area contributed by atoms with Crippen LogP contribution in [0.5, 0.6) is 0 Å². The molecule has 1 fully saturated rings. The zero-order chi connectivity index (χ0) is 11.4. The van der Waals surface area contributed by atoms with E-state index in [-0.39, 0.29) is 12.0 Å². The number of hydrogen-bond acceptors (Lipinski definition) is 3. The lowest BCUT2D eigenvalue weighted by Gasteiger charge is -2.15. The Morgan fingerprint density at radius 2 is 2.12 bits per heavy atom. The Labute approximate surface area is 95.8 Å². The van der Waals surface area contributed by atoms with Gasteiger partial charge in [0, 0.05) is 6.54 Å². The molecule has 0 saturated heterocycles. The van der Waals surface area contributed by atoms with E-state index >= 15 is 0 Å². The molecule has 86 valence electrons. The van der Waals surface area contributed by atoms with Gasteiger partial charge in [-0.3, -0.25) is 4.79 Å². The van der Waals surface area contributed by atoms with Gasteiger partial charge in [0.2, 0.25) is 0 Å². The van der Waals surface area contributed by atoms with Gasteiger partial charge in [0.05, 0.1) is 7.11 Å². The average molecular weight is 219 g/mol. The van der Waals surface area contributed by atoms with Crippen LogP contribution < -0.4 is 5.32 Å². The molecule has 0 bridgehead atoms. The van der Waals surface area contributed by atoms with Crippen molar-refractivity contribution in [2.24, 2.45) is 5.92 Å². The summed E-state index contributed by atoms with van der Waals surface area (Å²) in [6.45, 7) is 0.719. The van der Waals surface area contributed by atoms with Crippen LogP contribution >= 0.6 is 0 Å². The Morgan fingerprint density at radius 1 is 1.44 bits per heavy atom. The molecule has 0 aliphatic heterocycles. The molecular weight excluding hydrogens is 202 g/mol. The second-order valence-electron chi connectivity index (χ2n) is 4.20. The molecule has 3 nitrogen and oxygen atoms in total. The average Bonchev–Trinajstić information content (AvgIpc) is 3.15. The van der Waals surface area contributed by atoms with Gasteiger partial charge in [-0.15, -0.1) is 0 Å². The van der Waals surface area contributed by atoms with Gasteiger partial charge in [0.1, 0.15) is 6.04 Å². The molecule has 0 unspecified atom stereocenters. The van der Waals surface area contributed by atoms with Crippen molar-refractivity contribution in [3.05, 3.63) is 35.9 Å². The first kappa shape index (κ1) is 11.1. The minimum absolute atomic E-state index is 0.134. The van der Waals surface area contributed by atoms with Crippen LogP contribution in [0, 0.1) is 5.92 Å². The van der Waals surface area contributed by atoms with E-state index in [9.17, 15) is 4.79 Å². The van der Waals surface area contributed by atoms with Gasteiger partial charge in [0.25, 0.3) is 0 Å². The van der Waals surface area contributed by atoms with Crippen LogP contribution in [0.1, 0.15) is 18.4 Å². The van der Waals surface area contributed by atoms with Gasteiger partial charge in [-0.2, -0.15) is 0 Å². The molecule has 1 aromatic carbocycles. The van der Waals surface area contributed by atoms with Gasteiger partial charge < -0.3 is 10.1 Å². The highest BCUT2D eigenvalue weighted by Gasteiger charge is 2.36. The first-order valence-electron chi connectivity index (χ1n) is 5.66. The lowest BCUT2D eigenvalue weighted by molar-refractivity contribution is -0.143. The van der Waals surface area contributed by atoms with Crippen LogP contribution in [0.2, 0.25) is 0 Å². The topological polar surface area (TPSA) is 38.3 Å². The molecular formula is C13H17NO2. The fraction of sp³-hybridized carbons (Fsp3) is 0.462. The highest BCUT2D eigenvalue weighted by molar-refractivity contribution is 5.76. The van der Waals surface area contributed by atoms with Crippen LogP contribution in [-0.2, 0) is 16.1 Å². The first-order valence-corrected chi connectivity index (χ1v) is 5.66. The van der Waals surface area contributed by atoms with Crippen molar-refractivity contribution >= 4 is 5.97 Å². The van der Waals surface area contributed by atoms with Crippen molar-refractivity contribution in [1.82, 2.24) is 5.32 Å². The number of esters is 1. The van der Waals surface area contributed by atoms with Gasteiger partial charge in [0.15, 0.2) is 0 Å². The maximum Gasteiger partial charge on any atom is 0.323 e. The molecule has 1 saturated carbocycles. The molecule has 0 spiro atoms. The Kier molecular flexibility index (Phi) is 3.57. The van der Waals surface area contributed by atoms with E-state index in [1.165, 1.54) is 12.7 Å². The van der Waals surface area contributed by atoms with Crippen molar-refractivity contribution < 1.29 is 9.53 Å². The fourth-order valence-electron chi connectivity index (χ4n) is 1.82. The van der Waals surface area contributed by atoms with Gasteiger partial charge in [-0.1, -0.05) is 30.3 Å². The number of benzene rings is 1. The van der Waals surface area contributed by atoms with Crippen LogP contribution in [-0.4, -0.2) is 19.1 Å². The van der Waals surface area contributed by atoms with Crippen LogP contribution in [0.15, 0.2) is 30.3 Å². The van der Waals surface area contributed by atoms with Gasteiger partial charge in [-0.25, -0.2) is 0 Å². The molecule has 1 aliphatic rings. The quantitative estimate of drug-likeness (QED) is 0.766. The maximum absolute atomic E-state index is 11.5. The normalized spacial score (nSPS) is 16.8. The molecule has 3 heteroatoms. The van der Waals surface area contributed by atoms with Crippen molar-refractivity contribution in [2.45, 2.75) is 25.4 Å². The predicted molar refractivity (Wildman–Crippen MR) is 61.8 cm³/mol. The maximum atomic E-state index is 11.5. The minimum Gasteiger partial charge on any atom is -0.468 e. The molecule has 1 aromatic rings. The summed E-state index contributed by atoms with van der Waals surface area (Å²) < 4.78 is 4.80. The van der Waals surface area contributed by atoms with Crippen molar-refractivity contribution in [3.63, 3.8) is 0 Å². The molecule has 1 aliphatic carbocycles. The summed E-state index contributed by atoms with van der Waals surface area (Å²) in [7, 11) is 1.45. The van der Waals surface area contributed by atoms with E-state index in [0.29, 0.717) is 5.92 Å². The standard InChI is InChI=1S/C13H17NO2/c1-16-13(15)12(11-7-8-11)14-9-10-5-3-2-4-6-10/h2-6,11-12,14H,7-9H2,1H3/t12-/m0/s1. The SMILES string of the molecule is COC(=O)[C@@H](NCc1ccccc1)C1CC1. The third kappa shape index (κ3) is 2.83. The second kappa shape index (κ2) is 5.12. The van der Waals surface area contributed by atoms with Crippen LogP contribution in [0.3, 0.4) is 0 Å². The third-order valence-corrected chi connectivity index (χ3v) is 2.92. The van der Waals surface area contributed by atoms with Crippen molar-refractivity contribution in [3.8, 4) is 0 Å². The molecule has 0 amide bonds. The molecule has 1 atom stereocenters. The minimum atomic E-state index is -0.140. The number of nitrogens with one attached hydrogen (secondary N) is 1. The van der Waals surface area contributed by atoms with Crippen molar-refractivity contribution in [1.29, 1.82) is 0 Å². The number of hydrogen-bond donors (Lipinski definition) is 1. The summed E-state index contributed by atoms with van der Waals surface area (Å²) in [5, 5.41) is 3.27. The summed E-state index contributed by atoms with van der Waals surface area (Å²) in [6, 6.07) is 9.96. The summed E-state index contributed by atoms with van der Waals surface area (Å²) >= 11 is 0. The van der Waals surface area contributed by atoms with E-state index < -0.39 is 0 Å². The number of ether oxygens (including phenoxy) is 1. The monoisotopic (exact) mass is 219 g/mol. The molecule has 0 heterocycles. The van der Waals surface area contributed by atoms with E-state index in [1.807, 2.05) is 30.3 Å². The Morgan fingerprint density at radius 3 is 2.69 bits per heavy atom. The van der Waals surface area contributed by atoms with E-state index in [1.54, 1.807) is 0 Å². The summed E-state index contributed by atoms with van der Waals surface area (Å²) in [5.74, 6) is 0.328. The Bertz CT molecular complexity index is 346. The third-order valence-electron chi connectivity index (χ3n) is 2.92. The van der Waals surface area contributed by atoms with Gasteiger partial charge >= 0.3 is 5.97 Å². The lowest BCUT2D eigenvalue weighted by atomic mass is 10.1. The zero-order valence-corrected chi connectivity index (χ0v) is 9.48. The molecule has 2 rings (SSSR count). The van der Waals surface area contributed by atoms with Crippen molar-refractivity contribution in [2.75, 3.05) is 7.11 Å². The van der Waals surface area contributed by atoms with Crippen LogP contribution in [0.25, 0.3) is 0 Å². The predicted octanol–water partition coefficient (Wildman–Crippen LogP) is 1.73. The first-order chi connectivity index (χ1) is 7.81. The second-order valence-corrected chi connectivity index (χ2v) is 4.20. The Balaban J connectivity index is 1.89. The smallest absolute Gasteiger partial charge is 0.323 e. The van der Waals surface area contributed by atoms with E-state index in [0.717, 1.165) is 19.4 Å². The number of carbonyl (C=O) groups is 1. The largest absolute Gasteiger partial charge is 0.468 e. The highest BCUT2D eigenvalue weighted by atomic mass is 16.5. The summed E-state index contributed by atoms with van der Waals surface area (Å²) in [6.07, 6.45) is 2.25. The van der Waals surface area contributed by atoms with Gasteiger partial charge in [-0.05, 0) is 24.3 Å². The van der Waals surface area contributed by atoms with E-state index in [2.05, 4.69) is 5.32 Å². The molecule has 0 aromatic heterocycles. The number of carbonyl (C=O) groups excluding carboxylic acids is 1. The van der Waals surface area contributed by atoms with Crippen LogP contribution in [0.4, 0.5) is 0 Å². The summed E-state index contributed by atoms with van der Waals surface area (Å²) in [4.78, 5) is 11.5. The molecule has 1 N–H and O–H groups in total. The van der Waals surface area contributed by atoms with E-state index in [4.69, 9.17) is 4.74 Å². The molecule has 0 radical (unpaired) electrons. The number of methoxy groups -OCH3 is 1. The Hall–Kier alpha value is -1.35. The molecule has 16 heavy (non-hydrogen) atoms. The highest BCUT2D eigenvalue weighted by Crippen LogP contribution is 2.33. The number of rotatable bonds is 5. The zero-order valence-electron chi connectivity index (χ0n) is 9.48. The lowest BCUT2D eigenvalue weighted by Crippen LogP contribution is -2.39.